The number of phenols is 1. The van der Waals surface area contributed by atoms with E-state index < -0.39 is 0 Å². The molecule has 1 aromatic carbocycles. The predicted octanol–water partition coefficient (Wildman–Crippen LogP) is 1.25. The summed E-state index contributed by atoms with van der Waals surface area (Å²) in [5.41, 5.74) is 8.18. The van der Waals surface area contributed by atoms with Crippen molar-refractivity contribution in [3.8, 4) is 17.0 Å². The summed E-state index contributed by atoms with van der Waals surface area (Å²) in [5, 5.41) is 13.9. The second-order valence-electron chi connectivity index (χ2n) is 3.36. The lowest BCUT2D eigenvalue weighted by molar-refractivity contribution is 0.476. The fraction of sp³-hybridized carbons (Fsp3) is 0.182. The molecule has 3 N–H and O–H groups in total. The number of nitrogens with zero attached hydrogens (tertiary/aromatic N) is 2. The molecule has 0 unspecified atom stereocenters. The monoisotopic (exact) mass is 203 g/mol. The second kappa shape index (κ2) is 3.74. The Labute approximate surface area is 88.0 Å². The van der Waals surface area contributed by atoms with E-state index in [0.29, 0.717) is 6.54 Å². The van der Waals surface area contributed by atoms with E-state index in [1.54, 1.807) is 23.0 Å². The van der Waals surface area contributed by atoms with Crippen molar-refractivity contribution in [3.05, 3.63) is 36.0 Å². The van der Waals surface area contributed by atoms with Gasteiger partial charge in [0.2, 0.25) is 0 Å². The van der Waals surface area contributed by atoms with E-state index in [1.165, 1.54) is 0 Å². The third-order valence-corrected chi connectivity index (χ3v) is 2.39. The van der Waals surface area contributed by atoms with Crippen LogP contribution in [0.3, 0.4) is 0 Å². The highest BCUT2D eigenvalue weighted by Crippen LogP contribution is 2.30. The molecule has 0 amide bonds. The van der Waals surface area contributed by atoms with Crippen LogP contribution in [0.4, 0.5) is 0 Å². The van der Waals surface area contributed by atoms with E-state index in [0.717, 1.165) is 16.8 Å². The molecule has 15 heavy (non-hydrogen) atoms. The van der Waals surface area contributed by atoms with Crippen molar-refractivity contribution >= 4 is 0 Å². The molecule has 0 spiro atoms. The molecule has 0 saturated heterocycles. The normalized spacial score (nSPS) is 10.5. The van der Waals surface area contributed by atoms with E-state index in [4.69, 9.17) is 5.73 Å². The van der Waals surface area contributed by atoms with Crippen molar-refractivity contribution in [2.75, 3.05) is 0 Å². The van der Waals surface area contributed by atoms with Crippen molar-refractivity contribution in [1.29, 1.82) is 0 Å². The lowest BCUT2D eigenvalue weighted by Gasteiger charge is -2.06. The average Bonchev–Trinajstić information content (AvgIpc) is 2.60. The zero-order chi connectivity index (χ0) is 10.8. The SMILES string of the molecule is Cn1ncc(CN)c1-c1ccccc1O. The number of rotatable bonds is 2. The summed E-state index contributed by atoms with van der Waals surface area (Å²) >= 11 is 0. The van der Waals surface area contributed by atoms with Crippen LogP contribution in [0.15, 0.2) is 30.5 Å². The number of hydrogen-bond acceptors (Lipinski definition) is 3. The summed E-state index contributed by atoms with van der Waals surface area (Å²) < 4.78 is 1.72. The number of aryl methyl sites for hydroxylation is 1. The molecule has 4 heteroatoms. The summed E-state index contributed by atoms with van der Waals surface area (Å²) in [7, 11) is 1.83. The molecule has 78 valence electrons. The minimum absolute atomic E-state index is 0.246. The van der Waals surface area contributed by atoms with Crippen LogP contribution in [0.25, 0.3) is 11.3 Å². The lowest BCUT2D eigenvalue weighted by atomic mass is 10.1. The molecule has 1 heterocycles. The first kappa shape index (κ1) is 9.73. The molecular formula is C11H13N3O. The number of hydrogen-bond donors (Lipinski definition) is 2. The molecule has 0 saturated carbocycles. The Morgan fingerprint density at radius 1 is 1.40 bits per heavy atom. The van der Waals surface area contributed by atoms with Crippen molar-refractivity contribution in [2.24, 2.45) is 12.8 Å². The van der Waals surface area contributed by atoms with Crippen molar-refractivity contribution in [1.82, 2.24) is 9.78 Å². The Kier molecular flexibility index (Phi) is 2.43. The molecule has 0 fully saturated rings. The van der Waals surface area contributed by atoms with E-state index in [9.17, 15) is 5.11 Å². The van der Waals surface area contributed by atoms with Gasteiger partial charge in [-0.15, -0.1) is 0 Å². The van der Waals surface area contributed by atoms with Crippen LogP contribution < -0.4 is 5.73 Å². The molecule has 0 aliphatic rings. The number of aromatic hydroxyl groups is 1. The quantitative estimate of drug-likeness (QED) is 0.772. The van der Waals surface area contributed by atoms with Crippen molar-refractivity contribution in [3.63, 3.8) is 0 Å². The third kappa shape index (κ3) is 1.59. The zero-order valence-electron chi connectivity index (χ0n) is 8.51. The van der Waals surface area contributed by atoms with Crippen LogP contribution in [0.1, 0.15) is 5.56 Å². The predicted molar refractivity (Wildman–Crippen MR) is 58.2 cm³/mol. The molecule has 0 aliphatic carbocycles. The van der Waals surface area contributed by atoms with E-state index >= 15 is 0 Å². The average molecular weight is 203 g/mol. The largest absolute Gasteiger partial charge is 0.507 e. The first-order valence-corrected chi connectivity index (χ1v) is 4.73. The Hall–Kier alpha value is -1.81. The smallest absolute Gasteiger partial charge is 0.124 e. The van der Waals surface area contributed by atoms with E-state index in [2.05, 4.69) is 5.10 Å². The third-order valence-electron chi connectivity index (χ3n) is 2.39. The number of benzene rings is 1. The summed E-state index contributed by atoms with van der Waals surface area (Å²) in [6, 6.07) is 7.17. The zero-order valence-corrected chi connectivity index (χ0v) is 8.51. The van der Waals surface area contributed by atoms with Crippen LogP contribution in [0, 0.1) is 0 Å². The van der Waals surface area contributed by atoms with Crippen LogP contribution >= 0.6 is 0 Å². The molecule has 0 radical (unpaired) electrons. The summed E-state index contributed by atoms with van der Waals surface area (Å²) in [5.74, 6) is 0.246. The van der Waals surface area contributed by atoms with Gasteiger partial charge in [-0.05, 0) is 12.1 Å². The fourth-order valence-electron chi connectivity index (χ4n) is 1.65. The van der Waals surface area contributed by atoms with Crippen LogP contribution in [-0.4, -0.2) is 14.9 Å². The standard InChI is InChI=1S/C11H13N3O/c1-14-11(8(6-12)7-13-14)9-4-2-3-5-10(9)15/h2-5,7,15H,6,12H2,1H3. The number of para-hydroxylation sites is 1. The Morgan fingerprint density at radius 2 is 2.13 bits per heavy atom. The Balaban J connectivity index is 2.63. The summed E-state index contributed by atoms with van der Waals surface area (Å²) in [6.07, 6.45) is 1.72. The molecule has 0 bridgehead atoms. The summed E-state index contributed by atoms with van der Waals surface area (Å²) in [4.78, 5) is 0. The van der Waals surface area contributed by atoms with Gasteiger partial charge in [0.15, 0.2) is 0 Å². The first-order chi connectivity index (χ1) is 7.24. The van der Waals surface area contributed by atoms with Gasteiger partial charge in [0.1, 0.15) is 5.75 Å². The van der Waals surface area contributed by atoms with Gasteiger partial charge in [-0.2, -0.15) is 5.10 Å². The van der Waals surface area contributed by atoms with E-state index in [-0.39, 0.29) is 5.75 Å². The minimum Gasteiger partial charge on any atom is -0.507 e. The fourth-order valence-corrected chi connectivity index (χ4v) is 1.65. The Morgan fingerprint density at radius 3 is 2.80 bits per heavy atom. The molecule has 4 nitrogen and oxygen atoms in total. The Bertz CT molecular complexity index is 476. The van der Waals surface area contributed by atoms with E-state index in [1.807, 2.05) is 19.2 Å². The van der Waals surface area contributed by atoms with Crippen molar-refractivity contribution in [2.45, 2.75) is 6.54 Å². The van der Waals surface area contributed by atoms with Gasteiger partial charge in [0, 0.05) is 24.7 Å². The molecule has 0 aliphatic heterocycles. The number of phenolic OH excluding ortho intramolecular Hbond substituents is 1. The van der Waals surface area contributed by atoms with Crippen molar-refractivity contribution < 1.29 is 5.11 Å². The van der Waals surface area contributed by atoms with Crippen LogP contribution in [-0.2, 0) is 13.6 Å². The molecular weight excluding hydrogens is 190 g/mol. The molecule has 2 rings (SSSR count). The topological polar surface area (TPSA) is 64.1 Å². The highest BCUT2D eigenvalue weighted by atomic mass is 16.3. The van der Waals surface area contributed by atoms with Gasteiger partial charge in [-0.25, -0.2) is 0 Å². The maximum atomic E-state index is 9.74. The molecule has 1 aromatic heterocycles. The second-order valence-corrected chi connectivity index (χ2v) is 3.36. The lowest BCUT2D eigenvalue weighted by Crippen LogP contribution is -2.00. The maximum absolute atomic E-state index is 9.74. The van der Waals surface area contributed by atoms with Crippen LogP contribution in [0.5, 0.6) is 5.75 Å². The van der Waals surface area contributed by atoms with Gasteiger partial charge < -0.3 is 10.8 Å². The van der Waals surface area contributed by atoms with Gasteiger partial charge in [-0.3, -0.25) is 4.68 Å². The number of aromatic nitrogens is 2. The first-order valence-electron chi connectivity index (χ1n) is 4.73. The van der Waals surface area contributed by atoms with Gasteiger partial charge in [0.25, 0.3) is 0 Å². The van der Waals surface area contributed by atoms with Gasteiger partial charge >= 0.3 is 0 Å². The summed E-state index contributed by atoms with van der Waals surface area (Å²) in [6.45, 7) is 0.414. The van der Waals surface area contributed by atoms with Gasteiger partial charge in [0.05, 0.1) is 11.9 Å². The maximum Gasteiger partial charge on any atom is 0.124 e. The highest BCUT2D eigenvalue weighted by molar-refractivity contribution is 5.69. The minimum atomic E-state index is 0.246. The van der Waals surface area contributed by atoms with Gasteiger partial charge in [-0.1, -0.05) is 12.1 Å². The molecule has 2 aromatic rings. The van der Waals surface area contributed by atoms with Crippen LogP contribution in [0.2, 0.25) is 0 Å². The highest BCUT2D eigenvalue weighted by Gasteiger charge is 2.12. The molecule has 0 atom stereocenters. The number of nitrogens with two attached hydrogens (primary N) is 1.